The Hall–Kier alpha value is -2.29. The van der Waals surface area contributed by atoms with Crippen LogP contribution in [0.15, 0.2) is 12.4 Å². The molecule has 2 aromatic heterocycles. The molecule has 2 fully saturated rings. The Labute approximate surface area is 161 Å². The van der Waals surface area contributed by atoms with Gasteiger partial charge >= 0.3 is 0 Å². The van der Waals surface area contributed by atoms with E-state index in [1.54, 1.807) is 13.1 Å². The molecule has 28 heavy (non-hydrogen) atoms. The van der Waals surface area contributed by atoms with E-state index in [9.17, 15) is 13.6 Å². The Morgan fingerprint density at radius 2 is 2.18 bits per heavy atom. The zero-order valence-corrected chi connectivity index (χ0v) is 15.8. The second-order valence-corrected chi connectivity index (χ2v) is 8.60. The van der Waals surface area contributed by atoms with Gasteiger partial charge < -0.3 is 10.6 Å². The molecular formula is C19H24F2N6O. The van der Waals surface area contributed by atoms with Gasteiger partial charge in [0.1, 0.15) is 0 Å². The third kappa shape index (κ3) is 2.67. The van der Waals surface area contributed by atoms with Crippen LogP contribution < -0.4 is 10.6 Å². The Morgan fingerprint density at radius 1 is 1.39 bits per heavy atom. The van der Waals surface area contributed by atoms with Crippen molar-refractivity contribution in [1.82, 2.24) is 25.3 Å². The third-order valence-corrected chi connectivity index (χ3v) is 6.80. The van der Waals surface area contributed by atoms with Gasteiger partial charge in [0, 0.05) is 41.8 Å². The summed E-state index contributed by atoms with van der Waals surface area (Å²) in [5, 5.41) is 17.4. The van der Waals surface area contributed by atoms with Gasteiger partial charge in [-0.25, -0.2) is 8.78 Å². The summed E-state index contributed by atoms with van der Waals surface area (Å²) in [6.45, 7) is 4.49. The Balaban J connectivity index is 1.26. The molecule has 0 spiro atoms. The summed E-state index contributed by atoms with van der Waals surface area (Å²) >= 11 is 0. The topological polar surface area (TPSA) is 87.6 Å². The fourth-order valence-corrected chi connectivity index (χ4v) is 4.84. The number of carbonyl (C=O) groups is 1. The molecule has 1 aliphatic heterocycles. The number of alkyl halides is 2. The highest BCUT2D eigenvalue weighted by Crippen LogP contribution is 2.70. The quantitative estimate of drug-likeness (QED) is 0.747. The molecule has 2 aliphatic carbocycles. The van der Waals surface area contributed by atoms with Crippen LogP contribution in [0.5, 0.6) is 0 Å². The van der Waals surface area contributed by atoms with Gasteiger partial charge in [-0.05, 0) is 38.3 Å². The van der Waals surface area contributed by atoms with E-state index < -0.39 is 17.3 Å². The maximum absolute atomic E-state index is 14.1. The van der Waals surface area contributed by atoms with Crippen LogP contribution >= 0.6 is 0 Å². The van der Waals surface area contributed by atoms with Gasteiger partial charge in [-0.1, -0.05) is 6.92 Å². The first-order valence-corrected chi connectivity index (χ1v) is 9.87. The minimum Gasteiger partial charge on any atom is -0.318 e. The minimum atomic E-state index is -2.67. The van der Waals surface area contributed by atoms with Crippen molar-refractivity contribution in [3.8, 4) is 0 Å². The number of aromatic amines is 1. The summed E-state index contributed by atoms with van der Waals surface area (Å²) in [5.74, 6) is -3.18. The van der Waals surface area contributed by atoms with Crippen molar-refractivity contribution in [1.29, 1.82) is 0 Å². The summed E-state index contributed by atoms with van der Waals surface area (Å²) in [6, 6.07) is 0. The lowest BCUT2D eigenvalue weighted by Gasteiger charge is -2.22. The van der Waals surface area contributed by atoms with E-state index in [0.29, 0.717) is 22.9 Å². The van der Waals surface area contributed by atoms with Crippen LogP contribution in [-0.2, 0) is 19.4 Å². The second-order valence-electron chi connectivity index (χ2n) is 8.60. The van der Waals surface area contributed by atoms with Gasteiger partial charge in [0.05, 0.1) is 11.9 Å². The number of nitrogens with one attached hydrogen (secondary N) is 3. The highest BCUT2D eigenvalue weighted by atomic mass is 19.3. The normalized spacial score (nSPS) is 28.5. The van der Waals surface area contributed by atoms with E-state index in [1.807, 2.05) is 10.9 Å². The molecule has 2 atom stereocenters. The number of nitrogens with zero attached hydrogens (tertiary/aromatic N) is 3. The number of rotatable bonds is 4. The first-order valence-electron chi connectivity index (χ1n) is 9.87. The molecule has 1 saturated carbocycles. The molecule has 1 unspecified atom stereocenters. The predicted octanol–water partition coefficient (Wildman–Crippen LogP) is 2.23. The molecule has 1 amide bonds. The third-order valence-electron chi connectivity index (χ3n) is 6.80. The first-order chi connectivity index (χ1) is 13.4. The standard InChI is InChI=1S/C19H24F2N6O/c1-18-7-14-13(6-15(18)19(18,20)21)16(26-25-14)17(28)24-12-8-23-27(10-12)9-11-2-4-22-5-3-11/h8,10-11,15,22H,2-7,9H2,1H3,(H,24,28)(H,25,26)/t15?,18-/m1/s1. The minimum absolute atomic E-state index is 0.188. The number of piperidine rings is 1. The highest BCUT2D eigenvalue weighted by molar-refractivity contribution is 6.04. The molecule has 5 rings (SSSR count). The molecule has 7 nitrogen and oxygen atoms in total. The van der Waals surface area contributed by atoms with Crippen molar-refractivity contribution in [3.63, 3.8) is 0 Å². The lowest BCUT2D eigenvalue weighted by atomic mass is 9.87. The monoisotopic (exact) mass is 390 g/mol. The molecule has 0 bridgehead atoms. The molecule has 0 aromatic carbocycles. The van der Waals surface area contributed by atoms with Crippen molar-refractivity contribution in [2.75, 3.05) is 18.4 Å². The zero-order valence-electron chi connectivity index (χ0n) is 15.8. The number of H-pyrrole nitrogens is 1. The number of halogens is 2. The molecule has 1 saturated heterocycles. The van der Waals surface area contributed by atoms with Crippen LogP contribution in [0, 0.1) is 17.3 Å². The summed E-state index contributed by atoms with van der Waals surface area (Å²) < 4.78 is 30.0. The Kier molecular flexibility index (Phi) is 3.88. The van der Waals surface area contributed by atoms with Crippen LogP contribution in [0.25, 0.3) is 0 Å². The fourth-order valence-electron chi connectivity index (χ4n) is 4.84. The molecule has 0 radical (unpaired) electrons. The number of amides is 1. The number of hydrogen-bond acceptors (Lipinski definition) is 4. The van der Waals surface area contributed by atoms with Crippen LogP contribution in [0.3, 0.4) is 0 Å². The summed E-state index contributed by atoms with van der Waals surface area (Å²) in [4.78, 5) is 12.7. The van der Waals surface area contributed by atoms with Crippen LogP contribution in [0.2, 0.25) is 0 Å². The molecule has 9 heteroatoms. The van der Waals surface area contributed by atoms with E-state index >= 15 is 0 Å². The molecule has 150 valence electrons. The van der Waals surface area contributed by atoms with E-state index in [2.05, 4.69) is 25.9 Å². The number of carbonyl (C=O) groups excluding carboxylic acids is 1. The zero-order chi connectivity index (χ0) is 19.5. The molecular weight excluding hydrogens is 366 g/mol. The van der Waals surface area contributed by atoms with Gasteiger partial charge in [0.15, 0.2) is 5.69 Å². The smallest absolute Gasteiger partial charge is 0.276 e. The summed E-state index contributed by atoms with van der Waals surface area (Å²) in [5.41, 5.74) is 1.08. The summed E-state index contributed by atoms with van der Waals surface area (Å²) in [7, 11) is 0. The van der Waals surface area contributed by atoms with Crippen molar-refractivity contribution < 1.29 is 13.6 Å². The van der Waals surface area contributed by atoms with Crippen molar-refractivity contribution in [3.05, 3.63) is 29.3 Å². The van der Waals surface area contributed by atoms with E-state index in [0.717, 1.165) is 32.5 Å². The SMILES string of the molecule is C[C@@]12Cc3[nH]nc(C(=O)Nc4cnn(CC5CCNCC5)c4)c3CC1C2(F)F. The Bertz CT molecular complexity index is 915. The maximum Gasteiger partial charge on any atom is 0.276 e. The second kappa shape index (κ2) is 6.10. The van der Waals surface area contributed by atoms with Gasteiger partial charge in [-0.2, -0.15) is 10.2 Å². The van der Waals surface area contributed by atoms with Crippen LogP contribution in [0.4, 0.5) is 14.5 Å². The number of hydrogen-bond donors (Lipinski definition) is 3. The predicted molar refractivity (Wildman–Crippen MR) is 98.3 cm³/mol. The average molecular weight is 390 g/mol. The van der Waals surface area contributed by atoms with Gasteiger partial charge in [-0.3, -0.25) is 14.6 Å². The Morgan fingerprint density at radius 3 is 2.96 bits per heavy atom. The van der Waals surface area contributed by atoms with E-state index in [1.165, 1.54) is 0 Å². The number of anilines is 1. The van der Waals surface area contributed by atoms with E-state index in [-0.39, 0.29) is 24.4 Å². The van der Waals surface area contributed by atoms with Gasteiger partial charge in [0.2, 0.25) is 0 Å². The number of aromatic nitrogens is 4. The maximum atomic E-state index is 14.1. The van der Waals surface area contributed by atoms with Gasteiger partial charge in [-0.15, -0.1) is 0 Å². The molecule has 2 aromatic rings. The van der Waals surface area contributed by atoms with E-state index in [4.69, 9.17) is 0 Å². The van der Waals surface area contributed by atoms with Crippen LogP contribution in [0.1, 0.15) is 41.5 Å². The fraction of sp³-hybridized carbons (Fsp3) is 0.632. The van der Waals surface area contributed by atoms with Crippen molar-refractivity contribution in [2.24, 2.45) is 17.3 Å². The molecule has 3 aliphatic rings. The highest BCUT2D eigenvalue weighted by Gasteiger charge is 2.78. The first kappa shape index (κ1) is 17.8. The number of fused-ring (bicyclic) bond motifs is 2. The largest absolute Gasteiger partial charge is 0.318 e. The lowest BCUT2D eigenvalue weighted by Crippen LogP contribution is -2.29. The lowest BCUT2D eigenvalue weighted by molar-refractivity contribution is 0.0631. The van der Waals surface area contributed by atoms with Crippen LogP contribution in [-0.4, -0.2) is 44.9 Å². The molecule has 3 heterocycles. The summed E-state index contributed by atoms with van der Waals surface area (Å²) in [6.07, 6.45) is 6.08. The molecule has 3 N–H and O–H groups in total. The van der Waals surface area contributed by atoms with Crippen molar-refractivity contribution in [2.45, 2.75) is 45.1 Å². The average Bonchev–Trinajstić information content (AvgIpc) is 3.08. The van der Waals surface area contributed by atoms with Gasteiger partial charge in [0.25, 0.3) is 11.8 Å². The van der Waals surface area contributed by atoms with Crippen molar-refractivity contribution >= 4 is 11.6 Å².